The number of nitrogens with zero attached hydrogens (tertiary/aromatic N) is 1. The van der Waals surface area contributed by atoms with Gasteiger partial charge in [0, 0.05) is 5.56 Å². The Bertz CT molecular complexity index is 760. The normalized spacial score (nSPS) is 15.4. The first-order chi connectivity index (χ1) is 12.5. The van der Waals surface area contributed by atoms with E-state index in [0.717, 1.165) is 16.7 Å². The van der Waals surface area contributed by atoms with Gasteiger partial charge in [0.2, 0.25) is 5.75 Å². The van der Waals surface area contributed by atoms with Gasteiger partial charge in [-0.15, -0.1) is 0 Å². The fourth-order valence-electron chi connectivity index (χ4n) is 2.35. The number of hydrogen-bond acceptors (Lipinski definition) is 8. The molecule has 1 aliphatic heterocycles. The summed E-state index contributed by atoms with van der Waals surface area (Å²) in [5.74, 6) is 0.0000904. The summed E-state index contributed by atoms with van der Waals surface area (Å²) < 4.78 is 20.7. The van der Waals surface area contributed by atoms with Gasteiger partial charge in [0.1, 0.15) is 6.54 Å². The molecule has 26 heavy (non-hydrogen) atoms. The zero-order chi connectivity index (χ0) is 19.3. The summed E-state index contributed by atoms with van der Waals surface area (Å²) in [4.78, 5) is 37.1. The largest absolute Gasteiger partial charge is 0.493 e. The van der Waals surface area contributed by atoms with Gasteiger partial charge in [0.05, 0.1) is 32.8 Å². The van der Waals surface area contributed by atoms with E-state index in [-0.39, 0.29) is 11.5 Å². The molecule has 2 rings (SSSR count). The molecule has 8 nitrogen and oxygen atoms in total. The topological polar surface area (TPSA) is 91.4 Å². The molecule has 1 aliphatic rings. The average Bonchev–Trinajstić information content (AvgIpc) is 2.88. The van der Waals surface area contributed by atoms with E-state index in [1.165, 1.54) is 27.4 Å². The molecule has 1 heterocycles. The zero-order valence-corrected chi connectivity index (χ0v) is 15.7. The van der Waals surface area contributed by atoms with Crippen LogP contribution in [-0.2, 0) is 14.3 Å². The Kier molecular flexibility index (Phi) is 6.51. The summed E-state index contributed by atoms with van der Waals surface area (Å²) in [6.45, 7) is 1.40. The minimum absolute atomic E-state index is 0.171. The Balaban J connectivity index is 2.34. The molecular formula is C17H19NO7S. The van der Waals surface area contributed by atoms with Crippen molar-refractivity contribution in [2.75, 3.05) is 34.5 Å². The highest BCUT2D eigenvalue weighted by Gasteiger charge is 2.37. The van der Waals surface area contributed by atoms with Gasteiger partial charge in [0.25, 0.3) is 11.1 Å². The molecule has 0 aliphatic carbocycles. The molecule has 0 radical (unpaired) electrons. The van der Waals surface area contributed by atoms with Gasteiger partial charge in [-0.1, -0.05) is 0 Å². The van der Waals surface area contributed by atoms with E-state index in [4.69, 9.17) is 18.9 Å². The third-order valence-corrected chi connectivity index (χ3v) is 4.39. The maximum Gasteiger partial charge on any atom is 0.326 e. The van der Waals surface area contributed by atoms with Gasteiger partial charge in [-0.05, 0) is 36.9 Å². The minimum atomic E-state index is -0.639. The number of imide groups is 1. The first kappa shape index (κ1) is 19.6. The average molecular weight is 381 g/mol. The fraction of sp³-hybridized carbons (Fsp3) is 0.353. The molecule has 1 fully saturated rings. The number of thioether (sulfide) groups is 1. The number of esters is 1. The van der Waals surface area contributed by atoms with Crippen LogP contribution in [0.15, 0.2) is 17.0 Å². The van der Waals surface area contributed by atoms with Crippen molar-refractivity contribution in [2.24, 2.45) is 0 Å². The van der Waals surface area contributed by atoms with Crippen molar-refractivity contribution >= 4 is 35.0 Å². The number of methoxy groups -OCH3 is 3. The van der Waals surface area contributed by atoms with E-state index in [1.54, 1.807) is 19.1 Å². The summed E-state index contributed by atoms with van der Waals surface area (Å²) >= 11 is 0.742. The van der Waals surface area contributed by atoms with Gasteiger partial charge in [-0.25, -0.2) is 0 Å². The number of amides is 2. The summed E-state index contributed by atoms with van der Waals surface area (Å²) in [5.41, 5.74) is 0.534. The standard InChI is InChI=1S/C17H19NO7S/c1-5-25-13(19)9-18-16(20)12(26-17(18)21)8-10-6-7-11(22-2)15(24-4)14(10)23-3/h6-8H,5,9H2,1-4H3/b12-8-. The van der Waals surface area contributed by atoms with Crippen LogP contribution in [0.25, 0.3) is 6.08 Å². The molecule has 9 heteroatoms. The molecule has 1 saturated heterocycles. The van der Waals surface area contributed by atoms with Crippen molar-refractivity contribution in [2.45, 2.75) is 6.92 Å². The predicted molar refractivity (Wildman–Crippen MR) is 95.4 cm³/mol. The minimum Gasteiger partial charge on any atom is -0.493 e. The summed E-state index contributed by atoms with van der Waals surface area (Å²) in [6, 6.07) is 3.34. The van der Waals surface area contributed by atoms with E-state index < -0.39 is 23.7 Å². The van der Waals surface area contributed by atoms with Gasteiger partial charge in [0.15, 0.2) is 11.5 Å². The van der Waals surface area contributed by atoms with Crippen molar-refractivity contribution in [3.8, 4) is 17.2 Å². The van der Waals surface area contributed by atoms with E-state index in [9.17, 15) is 14.4 Å². The van der Waals surface area contributed by atoms with Crippen LogP contribution >= 0.6 is 11.8 Å². The Hall–Kier alpha value is -2.68. The first-order valence-electron chi connectivity index (χ1n) is 7.66. The molecule has 0 saturated carbocycles. The zero-order valence-electron chi connectivity index (χ0n) is 14.9. The molecule has 0 bridgehead atoms. The lowest BCUT2D eigenvalue weighted by Crippen LogP contribution is -2.34. The van der Waals surface area contributed by atoms with Crippen LogP contribution in [0.1, 0.15) is 12.5 Å². The smallest absolute Gasteiger partial charge is 0.326 e. The van der Waals surface area contributed by atoms with Gasteiger partial charge >= 0.3 is 5.97 Å². The van der Waals surface area contributed by atoms with E-state index >= 15 is 0 Å². The summed E-state index contributed by atoms with van der Waals surface area (Å²) in [5, 5.41) is -0.534. The van der Waals surface area contributed by atoms with E-state index in [2.05, 4.69) is 0 Å². The van der Waals surface area contributed by atoms with Gasteiger partial charge in [-0.3, -0.25) is 19.3 Å². The Labute approximate surface area is 155 Å². The molecule has 0 spiro atoms. The molecule has 1 aromatic rings. The Morgan fingerprint density at radius 3 is 2.38 bits per heavy atom. The third-order valence-electron chi connectivity index (χ3n) is 3.49. The van der Waals surface area contributed by atoms with Crippen LogP contribution < -0.4 is 14.2 Å². The molecule has 2 amide bonds. The molecule has 0 aromatic heterocycles. The van der Waals surface area contributed by atoms with Crippen LogP contribution in [0.5, 0.6) is 17.2 Å². The summed E-state index contributed by atoms with van der Waals surface area (Å²) in [7, 11) is 4.43. The van der Waals surface area contributed by atoms with Crippen molar-refractivity contribution in [3.05, 3.63) is 22.6 Å². The number of benzene rings is 1. The lowest BCUT2D eigenvalue weighted by molar-refractivity contribution is -0.145. The van der Waals surface area contributed by atoms with Crippen molar-refractivity contribution < 1.29 is 33.3 Å². The maximum absolute atomic E-state index is 12.4. The fourth-order valence-corrected chi connectivity index (χ4v) is 3.18. The van der Waals surface area contributed by atoms with Gasteiger partial charge in [-0.2, -0.15) is 0 Å². The second-order valence-corrected chi connectivity index (χ2v) is 5.99. The van der Waals surface area contributed by atoms with Crippen LogP contribution in [0.3, 0.4) is 0 Å². The molecule has 0 N–H and O–H groups in total. The van der Waals surface area contributed by atoms with E-state index in [1.807, 2.05) is 0 Å². The Morgan fingerprint density at radius 1 is 1.12 bits per heavy atom. The lowest BCUT2D eigenvalue weighted by Gasteiger charge is -2.14. The highest BCUT2D eigenvalue weighted by Crippen LogP contribution is 2.42. The van der Waals surface area contributed by atoms with Crippen molar-refractivity contribution in [1.82, 2.24) is 4.90 Å². The molecule has 0 atom stereocenters. The van der Waals surface area contributed by atoms with Crippen LogP contribution in [-0.4, -0.2) is 56.5 Å². The van der Waals surface area contributed by atoms with Crippen molar-refractivity contribution in [3.63, 3.8) is 0 Å². The maximum atomic E-state index is 12.4. The number of carbonyl (C=O) groups excluding carboxylic acids is 3. The monoisotopic (exact) mass is 381 g/mol. The molecule has 0 unspecified atom stereocenters. The number of rotatable bonds is 7. The molecule has 1 aromatic carbocycles. The number of hydrogen-bond donors (Lipinski definition) is 0. The van der Waals surface area contributed by atoms with Crippen molar-refractivity contribution in [1.29, 1.82) is 0 Å². The second-order valence-electron chi connectivity index (χ2n) is 5.00. The summed E-state index contributed by atoms with van der Waals surface area (Å²) in [6.07, 6.45) is 1.51. The first-order valence-corrected chi connectivity index (χ1v) is 8.48. The highest BCUT2D eigenvalue weighted by molar-refractivity contribution is 8.18. The molecule has 140 valence electrons. The van der Waals surface area contributed by atoms with Gasteiger partial charge < -0.3 is 18.9 Å². The van der Waals surface area contributed by atoms with Crippen LogP contribution in [0, 0.1) is 0 Å². The number of carbonyl (C=O) groups is 3. The Morgan fingerprint density at radius 2 is 1.81 bits per heavy atom. The predicted octanol–water partition coefficient (Wildman–Crippen LogP) is 2.31. The van der Waals surface area contributed by atoms with Crippen LogP contribution in [0.2, 0.25) is 0 Å². The highest BCUT2D eigenvalue weighted by atomic mass is 32.2. The SMILES string of the molecule is CCOC(=O)CN1C(=O)S/C(=C\c2ccc(OC)c(OC)c2OC)C1=O. The second kappa shape index (κ2) is 8.61. The van der Waals surface area contributed by atoms with E-state index in [0.29, 0.717) is 22.8 Å². The quantitative estimate of drug-likeness (QED) is 0.525. The third kappa shape index (κ3) is 3.93. The molecular weight excluding hydrogens is 362 g/mol. The lowest BCUT2D eigenvalue weighted by atomic mass is 10.1. The van der Waals surface area contributed by atoms with Crippen LogP contribution in [0.4, 0.5) is 4.79 Å². The number of ether oxygens (including phenoxy) is 4.